The molecular formula is C23H25FN6O2. The fourth-order valence-corrected chi connectivity index (χ4v) is 5.11. The van der Waals surface area contributed by atoms with E-state index in [9.17, 15) is 9.18 Å². The Morgan fingerprint density at radius 1 is 1.28 bits per heavy atom. The summed E-state index contributed by atoms with van der Waals surface area (Å²) in [6.07, 6.45) is 5.50. The molecule has 0 spiro atoms. The average molecular weight is 436 g/mol. The van der Waals surface area contributed by atoms with Crippen LogP contribution in [0.15, 0.2) is 35.0 Å². The number of amides is 2. The first-order chi connectivity index (χ1) is 15.4. The number of carbonyl (C=O) groups is 1. The highest BCUT2D eigenvalue weighted by Gasteiger charge is 2.62. The Morgan fingerprint density at radius 2 is 2.06 bits per heavy atom. The van der Waals surface area contributed by atoms with Crippen LogP contribution in [-0.2, 0) is 12.0 Å². The maximum atomic E-state index is 13.4. The number of fused-ring (bicyclic) bond motifs is 2. The molecule has 32 heavy (non-hydrogen) atoms. The van der Waals surface area contributed by atoms with Crippen molar-refractivity contribution in [2.75, 3.05) is 5.32 Å². The summed E-state index contributed by atoms with van der Waals surface area (Å²) in [6, 6.07) is 5.48. The second-order valence-electron chi connectivity index (χ2n) is 8.84. The molecule has 2 aromatic heterocycles. The van der Waals surface area contributed by atoms with Crippen molar-refractivity contribution < 1.29 is 13.6 Å². The quantitative estimate of drug-likeness (QED) is 0.648. The monoisotopic (exact) mass is 436 g/mol. The van der Waals surface area contributed by atoms with Crippen molar-refractivity contribution in [1.29, 1.82) is 0 Å². The Labute approximate surface area is 185 Å². The molecule has 1 aromatic carbocycles. The Bertz CT molecular complexity index is 1160. The van der Waals surface area contributed by atoms with Gasteiger partial charge in [0.2, 0.25) is 11.8 Å². The number of hydrogen-bond donors (Lipinski definition) is 1. The number of rotatable bonds is 4. The summed E-state index contributed by atoms with van der Waals surface area (Å²) in [4.78, 5) is 23.4. The molecule has 166 valence electrons. The van der Waals surface area contributed by atoms with E-state index in [1.165, 1.54) is 0 Å². The molecule has 3 aromatic rings. The van der Waals surface area contributed by atoms with Crippen molar-refractivity contribution in [3.05, 3.63) is 53.8 Å². The van der Waals surface area contributed by atoms with Crippen molar-refractivity contribution in [1.82, 2.24) is 25.1 Å². The standard InChI is InChI=1S/C23H25FN6O2/c1-4-19-28-29-21(32-19)23-9-13(2)7-17(10-23)30(23)22(31)27-16-6-5-14(3)18(8-16)20-25-11-15(24)12-26-20/h5-6,8,11-13,17H,4,7,9-10H2,1-3H3,(H,27,31). The fourth-order valence-electron chi connectivity index (χ4n) is 5.11. The lowest BCUT2D eigenvalue weighted by Gasteiger charge is -2.61. The molecule has 2 bridgehead atoms. The first kappa shape index (κ1) is 20.5. The Balaban J connectivity index is 1.42. The highest BCUT2D eigenvalue weighted by molar-refractivity contribution is 5.91. The smallest absolute Gasteiger partial charge is 0.323 e. The number of nitrogens with zero attached hydrogens (tertiary/aromatic N) is 5. The molecule has 1 aliphatic heterocycles. The lowest BCUT2D eigenvalue weighted by molar-refractivity contribution is -0.110. The van der Waals surface area contributed by atoms with E-state index >= 15 is 0 Å². The van der Waals surface area contributed by atoms with Crippen molar-refractivity contribution in [2.45, 2.75) is 58.0 Å². The molecule has 1 aliphatic carbocycles. The topological polar surface area (TPSA) is 97.0 Å². The molecule has 1 saturated heterocycles. The second-order valence-corrected chi connectivity index (χ2v) is 8.84. The van der Waals surface area contributed by atoms with Gasteiger partial charge in [-0.2, -0.15) is 0 Å². The number of halogens is 1. The van der Waals surface area contributed by atoms with E-state index < -0.39 is 11.4 Å². The lowest BCUT2D eigenvalue weighted by Crippen LogP contribution is -2.70. The van der Waals surface area contributed by atoms with Crippen LogP contribution in [0.4, 0.5) is 14.9 Å². The van der Waals surface area contributed by atoms with Gasteiger partial charge in [0.1, 0.15) is 5.54 Å². The molecule has 0 radical (unpaired) electrons. The molecule has 3 atom stereocenters. The van der Waals surface area contributed by atoms with E-state index in [0.29, 0.717) is 35.6 Å². The third-order valence-corrected chi connectivity index (χ3v) is 6.50. The van der Waals surface area contributed by atoms with Crippen LogP contribution in [0.1, 0.15) is 50.5 Å². The zero-order valence-corrected chi connectivity index (χ0v) is 18.3. The second kappa shape index (κ2) is 7.65. The van der Waals surface area contributed by atoms with Crippen LogP contribution in [0.5, 0.6) is 0 Å². The fraction of sp³-hybridized carbons (Fsp3) is 0.435. The minimum Gasteiger partial charge on any atom is -0.423 e. The summed E-state index contributed by atoms with van der Waals surface area (Å²) in [7, 11) is 0. The van der Waals surface area contributed by atoms with Gasteiger partial charge >= 0.3 is 6.03 Å². The zero-order chi connectivity index (χ0) is 22.5. The molecule has 2 amide bonds. The largest absolute Gasteiger partial charge is 0.423 e. The van der Waals surface area contributed by atoms with Gasteiger partial charge in [-0.15, -0.1) is 10.2 Å². The Hall–Kier alpha value is -3.36. The van der Waals surface area contributed by atoms with E-state index in [4.69, 9.17) is 4.42 Å². The molecule has 1 N–H and O–H groups in total. The molecule has 9 heteroatoms. The predicted octanol–water partition coefficient (Wildman–Crippen LogP) is 4.47. The van der Waals surface area contributed by atoms with Crippen LogP contribution in [0.25, 0.3) is 11.4 Å². The maximum absolute atomic E-state index is 13.4. The minimum absolute atomic E-state index is 0.140. The summed E-state index contributed by atoms with van der Waals surface area (Å²) in [6.45, 7) is 6.08. The molecule has 8 nitrogen and oxygen atoms in total. The minimum atomic E-state index is -0.555. The van der Waals surface area contributed by atoms with Gasteiger partial charge in [0, 0.05) is 30.1 Å². The van der Waals surface area contributed by atoms with Crippen molar-refractivity contribution in [2.24, 2.45) is 5.92 Å². The predicted molar refractivity (Wildman–Crippen MR) is 115 cm³/mol. The molecular weight excluding hydrogens is 411 g/mol. The summed E-state index contributed by atoms with van der Waals surface area (Å²) >= 11 is 0. The van der Waals surface area contributed by atoms with Gasteiger partial charge in [0.25, 0.3) is 0 Å². The number of anilines is 1. The SMILES string of the molecule is CCc1nnc(C23CC(C)CC(C2)N3C(=O)Nc2ccc(C)c(-c3ncc(F)cn3)c2)o1. The molecule has 3 heterocycles. The Morgan fingerprint density at radius 3 is 2.78 bits per heavy atom. The summed E-state index contributed by atoms with van der Waals surface area (Å²) < 4.78 is 19.1. The number of nitrogens with one attached hydrogen (secondary N) is 1. The van der Waals surface area contributed by atoms with E-state index in [-0.39, 0.29) is 12.1 Å². The number of carbonyl (C=O) groups excluding carboxylic acids is 1. The number of hydrogen-bond acceptors (Lipinski definition) is 6. The van der Waals surface area contributed by atoms with Gasteiger partial charge in [-0.25, -0.2) is 19.2 Å². The van der Waals surface area contributed by atoms with Crippen LogP contribution < -0.4 is 5.32 Å². The summed E-state index contributed by atoms with van der Waals surface area (Å²) in [5.74, 6) is 1.49. The lowest BCUT2D eigenvalue weighted by atomic mass is 9.64. The van der Waals surface area contributed by atoms with Crippen LogP contribution in [-0.4, -0.2) is 37.1 Å². The van der Waals surface area contributed by atoms with Gasteiger partial charge in [0.15, 0.2) is 11.6 Å². The first-order valence-corrected chi connectivity index (χ1v) is 10.9. The molecule has 2 aliphatic rings. The van der Waals surface area contributed by atoms with Gasteiger partial charge in [-0.1, -0.05) is 19.9 Å². The third-order valence-electron chi connectivity index (χ3n) is 6.50. The van der Waals surface area contributed by atoms with Crippen molar-refractivity contribution in [3.8, 4) is 11.4 Å². The van der Waals surface area contributed by atoms with E-state index in [1.807, 2.05) is 36.9 Å². The van der Waals surface area contributed by atoms with Gasteiger partial charge in [-0.3, -0.25) is 0 Å². The molecule has 1 saturated carbocycles. The van der Waals surface area contributed by atoms with Crippen molar-refractivity contribution in [3.63, 3.8) is 0 Å². The first-order valence-electron chi connectivity index (χ1n) is 10.9. The van der Waals surface area contributed by atoms with Crippen LogP contribution in [0.3, 0.4) is 0 Å². The van der Waals surface area contributed by atoms with Gasteiger partial charge < -0.3 is 14.6 Å². The average Bonchev–Trinajstić information content (AvgIpc) is 3.25. The van der Waals surface area contributed by atoms with E-state index in [0.717, 1.165) is 42.8 Å². The normalized spacial score (nSPS) is 24.2. The van der Waals surface area contributed by atoms with Crippen molar-refractivity contribution >= 4 is 11.7 Å². The third kappa shape index (κ3) is 3.32. The zero-order valence-electron chi connectivity index (χ0n) is 18.3. The van der Waals surface area contributed by atoms with Gasteiger partial charge in [-0.05, 0) is 43.4 Å². The number of benzene rings is 1. The number of aromatic nitrogens is 4. The number of urea groups is 1. The molecule has 2 fully saturated rings. The highest BCUT2D eigenvalue weighted by atomic mass is 19.1. The highest BCUT2D eigenvalue weighted by Crippen LogP contribution is 2.55. The number of piperidine rings is 1. The number of aryl methyl sites for hydroxylation is 2. The van der Waals surface area contributed by atoms with Crippen LogP contribution in [0.2, 0.25) is 0 Å². The summed E-state index contributed by atoms with van der Waals surface area (Å²) in [5, 5.41) is 11.4. The van der Waals surface area contributed by atoms with Crippen LogP contribution >= 0.6 is 0 Å². The maximum Gasteiger partial charge on any atom is 0.323 e. The molecule has 5 rings (SSSR count). The van der Waals surface area contributed by atoms with Gasteiger partial charge in [0.05, 0.1) is 12.4 Å². The van der Waals surface area contributed by atoms with E-state index in [2.05, 4.69) is 32.4 Å². The summed E-state index contributed by atoms with van der Waals surface area (Å²) in [5.41, 5.74) is 1.73. The number of likely N-dealkylation sites (tertiary alicyclic amines) is 1. The van der Waals surface area contributed by atoms with Crippen LogP contribution in [0, 0.1) is 18.7 Å². The molecule has 3 unspecified atom stereocenters. The Kier molecular flexibility index (Phi) is 4.91. The van der Waals surface area contributed by atoms with E-state index in [1.54, 1.807) is 0 Å².